The van der Waals surface area contributed by atoms with Gasteiger partial charge in [-0.3, -0.25) is 0 Å². The van der Waals surface area contributed by atoms with Crippen LogP contribution in [0, 0.1) is 0 Å². The van der Waals surface area contributed by atoms with Gasteiger partial charge in [-0.2, -0.15) is 13.2 Å². The van der Waals surface area contributed by atoms with E-state index >= 15 is 0 Å². The van der Waals surface area contributed by atoms with E-state index in [4.69, 9.17) is 9.84 Å². The van der Waals surface area contributed by atoms with Gasteiger partial charge in [-0.15, -0.1) is 0 Å². The highest BCUT2D eigenvalue weighted by atomic mass is 19.4. The molecule has 0 aliphatic rings. The van der Waals surface area contributed by atoms with Crippen LogP contribution in [0.2, 0.25) is 0 Å². The summed E-state index contributed by atoms with van der Waals surface area (Å²) in [5, 5.41) is 18.0. The fraction of sp³-hybridized carbons (Fsp3) is 1.00. The van der Waals surface area contributed by atoms with Crippen LogP contribution < -0.4 is 0 Å². The van der Waals surface area contributed by atoms with Gasteiger partial charge in [0.2, 0.25) is 0 Å². The Morgan fingerprint density at radius 3 is 1.86 bits per heavy atom. The van der Waals surface area contributed by atoms with Gasteiger partial charge in [-0.25, -0.2) is 0 Å². The highest BCUT2D eigenvalue weighted by molar-refractivity contribution is 4.82. The highest BCUT2D eigenvalue weighted by Crippen LogP contribution is 2.26. The first kappa shape index (κ1) is 13.7. The SMILES string of the molecule is COC(C)(C)C(O)CC(O)C(F)(F)F. The number of hydrogen-bond acceptors (Lipinski definition) is 3. The predicted molar refractivity (Wildman–Crippen MR) is 43.8 cm³/mol. The molecule has 86 valence electrons. The van der Waals surface area contributed by atoms with E-state index in [1.54, 1.807) is 0 Å². The molecule has 0 aromatic heterocycles. The Hall–Kier alpha value is -0.330. The predicted octanol–water partition coefficient (Wildman–Crippen LogP) is 1.09. The zero-order chi connectivity index (χ0) is 11.6. The molecule has 0 saturated carbocycles. The lowest BCUT2D eigenvalue weighted by molar-refractivity contribution is -0.218. The fourth-order valence-electron chi connectivity index (χ4n) is 0.765. The van der Waals surface area contributed by atoms with Crippen LogP contribution in [0.1, 0.15) is 20.3 Å². The van der Waals surface area contributed by atoms with Crippen molar-refractivity contribution in [3.05, 3.63) is 0 Å². The van der Waals surface area contributed by atoms with Gasteiger partial charge >= 0.3 is 6.18 Å². The summed E-state index contributed by atoms with van der Waals surface area (Å²) in [5.41, 5.74) is -1.10. The lowest BCUT2D eigenvalue weighted by atomic mass is 9.96. The molecule has 0 radical (unpaired) electrons. The summed E-state index contributed by atoms with van der Waals surface area (Å²) in [6.45, 7) is 2.89. The van der Waals surface area contributed by atoms with Crippen LogP contribution in [0.15, 0.2) is 0 Å². The van der Waals surface area contributed by atoms with Gasteiger partial charge in [0.25, 0.3) is 0 Å². The van der Waals surface area contributed by atoms with Crippen molar-refractivity contribution in [2.24, 2.45) is 0 Å². The third-order valence-electron chi connectivity index (χ3n) is 2.15. The summed E-state index contributed by atoms with van der Waals surface area (Å²) in [6.07, 6.45) is -9.38. The van der Waals surface area contributed by atoms with Crippen molar-refractivity contribution in [2.45, 2.75) is 44.3 Å². The maximum atomic E-state index is 11.9. The van der Waals surface area contributed by atoms with Crippen molar-refractivity contribution in [3.63, 3.8) is 0 Å². The summed E-state index contributed by atoms with van der Waals surface area (Å²) < 4.78 is 40.5. The van der Waals surface area contributed by atoms with Crippen molar-refractivity contribution in [2.75, 3.05) is 7.11 Å². The molecule has 14 heavy (non-hydrogen) atoms. The van der Waals surface area contributed by atoms with Crippen LogP contribution in [0.25, 0.3) is 0 Å². The molecule has 0 aliphatic carbocycles. The Kier molecular flexibility index (Phi) is 4.35. The summed E-state index contributed by atoms with van der Waals surface area (Å²) in [4.78, 5) is 0. The number of rotatable bonds is 4. The average molecular weight is 216 g/mol. The Balaban J connectivity index is 4.26. The number of ether oxygens (including phenoxy) is 1. The third-order valence-corrected chi connectivity index (χ3v) is 2.15. The molecule has 2 atom stereocenters. The molecule has 0 rings (SSSR count). The van der Waals surface area contributed by atoms with Crippen LogP contribution in [-0.2, 0) is 4.74 Å². The molecule has 0 bridgehead atoms. The van der Waals surface area contributed by atoms with Crippen LogP contribution in [-0.4, -0.2) is 41.3 Å². The van der Waals surface area contributed by atoms with E-state index in [9.17, 15) is 18.3 Å². The third kappa shape index (κ3) is 3.81. The molecule has 6 heteroatoms. The largest absolute Gasteiger partial charge is 0.414 e. The zero-order valence-corrected chi connectivity index (χ0v) is 8.30. The molecule has 2 N–H and O–H groups in total. The van der Waals surface area contributed by atoms with E-state index in [2.05, 4.69) is 0 Å². The van der Waals surface area contributed by atoms with Crippen molar-refractivity contribution < 1.29 is 28.1 Å². The van der Waals surface area contributed by atoms with Gasteiger partial charge in [0.05, 0.1) is 11.7 Å². The van der Waals surface area contributed by atoms with E-state index in [0.717, 1.165) is 0 Å². The van der Waals surface area contributed by atoms with Gasteiger partial charge in [0.1, 0.15) is 0 Å². The second kappa shape index (κ2) is 4.46. The summed E-state index contributed by atoms with van der Waals surface area (Å²) >= 11 is 0. The first-order valence-corrected chi connectivity index (χ1v) is 4.09. The average Bonchev–Trinajstić information content (AvgIpc) is 2.02. The molecule has 2 unspecified atom stereocenters. The van der Waals surface area contributed by atoms with Gasteiger partial charge < -0.3 is 14.9 Å². The number of aliphatic hydroxyl groups is 2. The van der Waals surface area contributed by atoms with E-state index in [-0.39, 0.29) is 0 Å². The van der Waals surface area contributed by atoms with E-state index in [1.165, 1.54) is 21.0 Å². The van der Waals surface area contributed by atoms with Crippen LogP contribution in [0.5, 0.6) is 0 Å². The molecular formula is C8H15F3O3. The first-order valence-electron chi connectivity index (χ1n) is 4.09. The summed E-state index contributed by atoms with van der Waals surface area (Å²) in [7, 11) is 1.28. The van der Waals surface area contributed by atoms with Crippen molar-refractivity contribution >= 4 is 0 Å². The van der Waals surface area contributed by atoms with Gasteiger partial charge in [-0.05, 0) is 13.8 Å². The molecule has 0 heterocycles. The second-order valence-corrected chi connectivity index (χ2v) is 3.62. The van der Waals surface area contributed by atoms with E-state index in [1.807, 2.05) is 0 Å². The lowest BCUT2D eigenvalue weighted by Gasteiger charge is -2.30. The monoisotopic (exact) mass is 216 g/mol. The van der Waals surface area contributed by atoms with Crippen LogP contribution in [0.4, 0.5) is 13.2 Å². The Bertz CT molecular complexity index is 179. The van der Waals surface area contributed by atoms with Gasteiger partial charge in [0, 0.05) is 13.5 Å². The smallest absolute Gasteiger partial charge is 0.390 e. The molecule has 0 fully saturated rings. The van der Waals surface area contributed by atoms with Crippen molar-refractivity contribution in [1.82, 2.24) is 0 Å². The Labute approximate surface area is 80.5 Å². The summed E-state index contributed by atoms with van der Waals surface area (Å²) in [6, 6.07) is 0. The minimum atomic E-state index is -4.70. The van der Waals surface area contributed by atoms with Crippen LogP contribution in [0.3, 0.4) is 0 Å². The molecule has 0 saturated heterocycles. The van der Waals surface area contributed by atoms with Gasteiger partial charge in [0.15, 0.2) is 6.10 Å². The quantitative estimate of drug-likeness (QED) is 0.739. The minimum absolute atomic E-state index is 0.787. The molecule has 0 spiro atoms. The number of aliphatic hydroxyl groups excluding tert-OH is 2. The standard InChI is InChI=1S/C8H15F3O3/c1-7(2,14-3)5(12)4-6(13)8(9,10)11/h5-6,12-13H,4H2,1-3H3. The maximum Gasteiger partial charge on any atom is 0.414 e. The van der Waals surface area contributed by atoms with Crippen molar-refractivity contribution in [1.29, 1.82) is 0 Å². The number of hydrogen-bond donors (Lipinski definition) is 2. The lowest BCUT2D eigenvalue weighted by Crippen LogP contribution is -2.43. The highest BCUT2D eigenvalue weighted by Gasteiger charge is 2.42. The second-order valence-electron chi connectivity index (χ2n) is 3.62. The number of alkyl halides is 3. The molecule has 0 aromatic rings. The minimum Gasteiger partial charge on any atom is -0.390 e. The molecule has 3 nitrogen and oxygen atoms in total. The number of methoxy groups -OCH3 is 1. The topological polar surface area (TPSA) is 49.7 Å². The van der Waals surface area contributed by atoms with Crippen molar-refractivity contribution in [3.8, 4) is 0 Å². The fourth-order valence-corrected chi connectivity index (χ4v) is 0.765. The van der Waals surface area contributed by atoms with E-state index < -0.39 is 30.4 Å². The Morgan fingerprint density at radius 2 is 1.57 bits per heavy atom. The first-order chi connectivity index (χ1) is 6.11. The molecular weight excluding hydrogens is 201 g/mol. The Morgan fingerprint density at radius 1 is 1.14 bits per heavy atom. The van der Waals surface area contributed by atoms with Crippen LogP contribution >= 0.6 is 0 Å². The zero-order valence-electron chi connectivity index (χ0n) is 8.30. The number of halogens is 3. The normalized spacial score (nSPS) is 18.0. The van der Waals surface area contributed by atoms with Gasteiger partial charge in [-0.1, -0.05) is 0 Å². The maximum absolute atomic E-state index is 11.9. The molecule has 0 aliphatic heterocycles. The molecule has 0 amide bonds. The van der Waals surface area contributed by atoms with E-state index in [0.29, 0.717) is 0 Å². The summed E-state index contributed by atoms with van der Waals surface area (Å²) in [5.74, 6) is 0. The molecule has 0 aromatic carbocycles.